The number of amides is 1. The molecule has 11 heteroatoms. The Morgan fingerprint density at radius 3 is 2.38 bits per heavy atom. The molecule has 2 aliphatic rings. The number of aryl methyl sites for hydroxylation is 2. The van der Waals surface area contributed by atoms with Gasteiger partial charge in [0.15, 0.2) is 0 Å². The van der Waals surface area contributed by atoms with E-state index in [4.69, 9.17) is 0 Å². The lowest BCUT2D eigenvalue weighted by Crippen LogP contribution is -2.51. The molecule has 1 atom stereocenters. The molecule has 1 saturated heterocycles. The normalized spacial score (nSPS) is 20.0. The lowest BCUT2D eigenvalue weighted by Gasteiger charge is -2.39. The number of carbonyl (C=O) groups excluding carboxylic acids is 1. The number of hydrogen-bond donors (Lipinski definition) is 2. The average Bonchev–Trinajstić information content (AvgIpc) is 3.21. The number of piperidine rings is 1. The summed E-state index contributed by atoms with van der Waals surface area (Å²) >= 11 is 0. The topological polar surface area (TPSA) is 98.4 Å². The molecule has 216 valence electrons. The molecule has 8 nitrogen and oxygen atoms in total. The summed E-state index contributed by atoms with van der Waals surface area (Å²) in [4.78, 5) is 14.9. The van der Waals surface area contributed by atoms with E-state index in [1.807, 2.05) is 39.0 Å². The minimum atomic E-state index is -3.71. The SMILES string of the molecule is Cc1n[nH]c(C)c1CC(=O)NC1CCN([C@H](C)CN(c2ccccc2)S(=O)(=O)CC2CCC(F)(F)CC2)CC1. The van der Waals surface area contributed by atoms with Crippen LogP contribution in [-0.4, -0.2) is 72.8 Å². The Balaban J connectivity index is 1.34. The first kappa shape index (κ1) is 29.5. The molecule has 1 amide bonds. The third-order valence-corrected chi connectivity index (χ3v) is 10.2. The van der Waals surface area contributed by atoms with Gasteiger partial charge in [0.25, 0.3) is 0 Å². The molecule has 0 spiro atoms. The maximum absolute atomic E-state index is 13.6. The zero-order chi connectivity index (χ0) is 28.2. The van der Waals surface area contributed by atoms with Crippen LogP contribution in [0.3, 0.4) is 0 Å². The summed E-state index contributed by atoms with van der Waals surface area (Å²) in [6.07, 6.45) is 1.82. The van der Waals surface area contributed by atoms with Crippen LogP contribution in [0.5, 0.6) is 0 Å². The first-order chi connectivity index (χ1) is 18.4. The molecule has 1 saturated carbocycles. The van der Waals surface area contributed by atoms with Crippen LogP contribution < -0.4 is 9.62 Å². The Labute approximate surface area is 230 Å². The van der Waals surface area contributed by atoms with E-state index in [-0.39, 0.29) is 61.9 Å². The molecule has 0 bridgehead atoms. The van der Waals surface area contributed by atoms with Gasteiger partial charge in [0, 0.05) is 55.8 Å². The van der Waals surface area contributed by atoms with Gasteiger partial charge in [-0.15, -0.1) is 0 Å². The van der Waals surface area contributed by atoms with Crippen molar-refractivity contribution in [1.29, 1.82) is 0 Å². The number of alkyl halides is 2. The average molecular weight is 566 g/mol. The highest BCUT2D eigenvalue weighted by molar-refractivity contribution is 7.92. The number of hydrogen-bond acceptors (Lipinski definition) is 5. The minimum absolute atomic E-state index is 0.0177. The number of H-pyrrole nitrogens is 1. The van der Waals surface area contributed by atoms with Crippen molar-refractivity contribution < 1.29 is 22.0 Å². The smallest absolute Gasteiger partial charge is 0.248 e. The third-order valence-electron chi connectivity index (χ3n) is 8.23. The fourth-order valence-corrected chi connectivity index (χ4v) is 7.74. The van der Waals surface area contributed by atoms with Gasteiger partial charge < -0.3 is 5.32 Å². The second-order valence-electron chi connectivity index (χ2n) is 11.3. The molecule has 2 aromatic rings. The van der Waals surface area contributed by atoms with Crippen molar-refractivity contribution in [2.45, 2.75) is 83.7 Å². The number of aromatic amines is 1. The molecule has 1 aromatic carbocycles. The summed E-state index contributed by atoms with van der Waals surface area (Å²) in [5, 5.41) is 10.2. The van der Waals surface area contributed by atoms with Crippen LogP contribution >= 0.6 is 0 Å². The van der Waals surface area contributed by atoms with E-state index in [2.05, 4.69) is 20.4 Å². The summed E-state index contributed by atoms with van der Waals surface area (Å²) in [6.45, 7) is 7.60. The van der Waals surface area contributed by atoms with Gasteiger partial charge in [-0.3, -0.25) is 19.1 Å². The number of nitrogens with zero attached hydrogens (tertiary/aromatic N) is 3. The number of para-hydroxylation sites is 1. The van der Waals surface area contributed by atoms with Crippen molar-refractivity contribution >= 4 is 21.6 Å². The van der Waals surface area contributed by atoms with Crippen molar-refractivity contribution in [2.75, 3.05) is 29.7 Å². The lowest BCUT2D eigenvalue weighted by atomic mass is 9.88. The van der Waals surface area contributed by atoms with Crippen LogP contribution in [0.15, 0.2) is 30.3 Å². The second kappa shape index (κ2) is 12.3. The third kappa shape index (κ3) is 7.78. The van der Waals surface area contributed by atoms with Crippen LogP contribution in [0.4, 0.5) is 14.5 Å². The van der Waals surface area contributed by atoms with Crippen molar-refractivity contribution in [3.63, 3.8) is 0 Å². The summed E-state index contributed by atoms with van der Waals surface area (Å²) < 4.78 is 55.9. The lowest BCUT2D eigenvalue weighted by molar-refractivity contribution is -0.121. The number of carbonyl (C=O) groups is 1. The van der Waals surface area contributed by atoms with Crippen molar-refractivity contribution in [1.82, 2.24) is 20.4 Å². The van der Waals surface area contributed by atoms with Crippen LogP contribution in [0.25, 0.3) is 0 Å². The second-order valence-corrected chi connectivity index (χ2v) is 13.2. The van der Waals surface area contributed by atoms with E-state index in [0.29, 0.717) is 12.1 Å². The van der Waals surface area contributed by atoms with Crippen LogP contribution in [0.2, 0.25) is 0 Å². The predicted molar refractivity (Wildman–Crippen MR) is 148 cm³/mol. The Bertz CT molecular complexity index is 1180. The van der Waals surface area contributed by atoms with E-state index in [9.17, 15) is 22.0 Å². The molecule has 1 aromatic heterocycles. The molecule has 0 unspecified atom stereocenters. The zero-order valence-corrected chi connectivity index (χ0v) is 23.9. The van der Waals surface area contributed by atoms with Gasteiger partial charge in [-0.05, 0) is 64.5 Å². The zero-order valence-electron chi connectivity index (χ0n) is 23.1. The molecule has 2 N–H and O–H groups in total. The number of likely N-dealkylation sites (tertiary alicyclic amines) is 1. The van der Waals surface area contributed by atoms with Gasteiger partial charge in [-0.2, -0.15) is 5.10 Å². The molecule has 39 heavy (non-hydrogen) atoms. The van der Waals surface area contributed by atoms with Gasteiger partial charge in [0.1, 0.15) is 0 Å². The largest absolute Gasteiger partial charge is 0.353 e. The molecule has 4 rings (SSSR count). The van der Waals surface area contributed by atoms with Crippen LogP contribution in [-0.2, 0) is 21.2 Å². The molecule has 1 aliphatic heterocycles. The summed E-state index contributed by atoms with van der Waals surface area (Å²) in [5.74, 6) is -3.08. The molecule has 1 aliphatic carbocycles. The van der Waals surface area contributed by atoms with Crippen molar-refractivity contribution in [3.05, 3.63) is 47.3 Å². The Morgan fingerprint density at radius 2 is 1.79 bits per heavy atom. The number of benzene rings is 1. The minimum Gasteiger partial charge on any atom is -0.353 e. The molecule has 2 fully saturated rings. The van der Waals surface area contributed by atoms with Crippen LogP contribution in [0, 0.1) is 19.8 Å². The van der Waals surface area contributed by atoms with Gasteiger partial charge in [0.2, 0.25) is 21.9 Å². The van der Waals surface area contributed by atoms with E-state index >= 15 is 0 Å². The number of rotatable bonds is 10. The standard InChI is InChI=1S/C28H41F2N5O3S/c1-20(34-15-11-24(12-16-34)31-27(36)17-26-21(2)32-33-22(26)3)18-35(25-7-5-4-6-8-25)39(37,38)19-23-9-13-28(29,30)14-10-23/h4-8,20,23-24H,9-19H2,1-3H3,(H,31,36)(H,32,33)/t20-/m1/s1. The van der Waals surface area contributed by atoms with Gasteiger partial charge >= 0.3 is 0 Å². The maximum atomic E-state index is 13.6. The Kier molecular flexibility index (Phi) is 9.31. The molecular formula is C28H41F2N5O3S. The van der Waals surface area contributed by atoms with Gasteiger partial charge in [-0.1, -0.05) is 18.2 Å². The first-order valence-electron chi connectivity index (χ1n) is 13.9. The van der Waals surface area contributed by atoms with Crippen LogP contribution in [0.1, 0.15) is 62.4 Å². The van der Waals surface area contributed by atoms with E-state index < -0.39 is 15.9 Å². The highest BCUT2D eigenvalue weighted by atomic mass is 32.2. The molecule has 0 radical (unpaired) electrons. The van der Waals surface area contributed by atoms with Crippen molar-refractivity contribution in [2.24, 2.45) is 5.92 Å². The maximum Gasteiger partial charge on any atom is 0.248 e. The van der Waals surface area contributed by atoms with E-state index in [1.54, 1.807) is 12.1 Å². The highest BCUT2D eigenvalue weighted by Crippen LogP contribution is 2.37. The number of sulfonamides is 1. The van der Waals surface area contributed by atoms with Gasteiger partial charge in [0.05, 0.1) is 23.6 Å². The summed E-state index contributed by atoms with van der Waals surface area (Å²) in [6, 6.07) is 9.05. The van der Waals surface area contributed by atoms with E-state index in [1.165, 1.54) is 4.31 Å². The Hall–Kier alpha value is -2.53. The Morgan fingerprint density at radius 1 is 1.15 bits per heavy atom. The molecular weight excluding hydrogens is 524 g/mol. The van der Waals surface area contributed by atoms with Crippen molar-refractivity contribution in [3.8, 4) is 0 Å². The number of halogens is 2. The number of anilines is 1. The molecule has 2 heterocycles. The first-order valence-corrected chi connectivity index (χ1v) is 15.5. The fraction of sp³-hybridized carbons (Fsp3) is 0.643. The fourth-order valence-electron chi connectivity index (χ4n) is 5.74. The number of nitrogens with one attached hydrogen (secondary N) is 2. The summed E-state index contributed by atoms with van der Waals surface area (Å²) in [5.41, 5.74) is 3.27. The predicted octanol–water partition coefficient (Wildman–Crippen LogP) is 4.20. The quantitative estimate of drug-likeness (QED) is 0.450. The summed E-state index contributed by atoms with van der Waals surface area (Å²) in [7, 11) is -3.71. The highest BCUT2D eigenvalue weighted by Gasteiger charge is 2.38. The van der Waals surface area contributed by atoms with Gasteiger partial charge in [-0.25, -0.2) is 17.2 Å². The number of aromatic nitrogens is 2. The van der Waals surface area contributed by atoms with E-state index in [0.717, 1.165) is 42.9 Å². The monoisotopic (exact) mass is 565 g/mol.